The molecule has 0 saturated carbocycles. The largest absolute Gasteiger partial charge is 0.503 e. The first-order valence-corrected chi connectivity index (χ1v) is 9.88. The van der Waals surface area contributed by atoms with E-state index in [1.165, 1.54) is 20.5 Å². The normalized spacial score (nSPS) is 11.9. The third kappa shape index (κ3) is 6.49. The number of esters is 1. The van der Waals surface area contributed by atoms with E-state index in [9.17, 15) is 4.79 Å². The quantitative estimate of drug-likeness (QED) is 0.165. The van der Waals surface area contributed by atoms with Crippen LogP contribution in [0, 0.1) is 0 Å². The summed E-state index contributed by atoms with van der Waals surface area (Å²) in [5.41, 5.74) is 2.74. The standard InChI is InChI=1S/C22H23Cl2NO5/c1-4-29-14-21(15-8-10-16(23)11-9-15)25-30-13-18-17(6-5-7-20(18)24)19(12-27-2)22(26)28-3/h5-12H,4,13-14H2,1-3H3/b19-12+,25-21+. The highest BCUT2D eigenvalue weighted by Crippen LogP contribution is 2.28. The second-order valence-corrected chi connectivity index (χ2v) is 6.82. The number of hydrogen-bond donors (Lipinski definition) is 0. The van der Waals surface area contributed by atoms with Gasteiger partial charge in [-0.2, -0.15) is 0 Å². The topological polar surface area (TPSA) is 66.3 Å². The van der Waals surface area contributed by atoms with Gasteiger partial charge in [0.1, 0.15) is 17.9 Å². The maximum Gasteiger partial charge on any atom is 0.341 e. The van der Waals surface area contributed by atoms with Crippen LogP contribution in [0.25, 0.3) is 5.57 Å². The van der Waals surface area contributed by atoms with Gasteiger partial charge in [0.15, 0.2) is 0 Å². The number of oxime groups is 1. The van der Waals surface area contributed by atoms with Crippen molar-refractivity contribution in [3.63, 3.8) is 0 Å². The molecule has 0 amide bonds. The summed E-state index contributed by atoms with van der Waals surface area (Å²) >= 11 is 12.3. The molecule has 0 radical (unpaired) electrons. The Hall–Kier alpha value is -2.54. The van der Waals surface area contributed by atoms with Gasteiger partial charge in [-0.3, -0.25) is 0 Å². The number of benzene rings is 2. The minimum atomic E-state index is -0.554. The highest BCUT2D eigenvalue weighted by atomic mass is 35.5. The predicted octanol–water partition coefficient (Wildman–Crippen LogP) is 5.11. The van der Waals surface area contributed by atoms with Crippen molar-refractivity contribution in [1.82, 2.24) is 0 Å². The number of carbonyl (C=O) groups excluding carboxylic acids is 1. The van der Waals surface area contributed by atoms with Crippen LogP contribution in [-0.2, 0) is 30.4 Å². The van der Waals surface area contributed by atoms with Crippen LogP contribution in [0.1, 0.15) is 23.6 Å². The van der Waals surface area contributed by atoms with Gasteiger partial charge < -0.3 is 19.0 Å². The van der Waals surface area contributed by atoms with Crippen molar-refractivity contribution < 1.29 is 23.8 Å². The Labute approximate surface area is 186 Å². The van der Waals surface area contributed by atoms with Crippen molar-refractivity contribution in [3.8, 4) is 0 Å². The molecule has 2 aromatic carbocycles. The van der Waals surface area contributed by atoms with E-state index < -0.39 is 5.97 Å². The number of halogens is 2. The zero-order valence-electron chi connectivity index (χ0n) is 17.0. The lowest BCUT2D eigenvalue weighted by atomic mass is 10.0. The number of carbonyl (C=O) groups is 1. The zero-order valence-corrected chi connectivity index (χ0v) is 18.5. The summed E-state index contributed by atoms with van der Waals surface area (Å²) in [6, 6.07) is 12.4. The third-order valence-electron chi connectivity index (χ3n) is 4.05. The Morgan fingerprint density at radius 2 is 1.83 bits per heavy atom. The van der Waals surface area contributed by atoms with Crippen LogP contribution in [-0.4, -0.2) is 39.1 Å². The summed E-state index contributed by atoms with van der Waals surface area (Å²) in [5, 5.41) is 5.28. The predicted molar refractivity (Wildman–Crippen MR) is 118 cm³/mol. The first kappa shape index (κ1) is 23.7. The Morgan fingerprint density at radius 3 is 2.47 bits per heavy atom. The molecule has 0 heterocycles. The first-order valence-electron chi connectivity index (χ1n) is 9.13. The van der Waals surface area contributed by atoms with E-state index in [0.29, 0.717) is 33.5 Å². The fraction of sp³-hybridized carbons (Fsp3) is 0.273. The third-order valence-corrected chi connectivity index (χ3v) is 4.66. The summed E-state index contributed by atoms with van der Waals surface area (Å²) < 4.78 is 15.4. The van der Waals surface area contributed by atoms with Crippen LogP contribution >= 0.6 is 23.2 Å². The number of methoxy groups -OCH3 is 2. The molecule has 6 nitrogen and oxygen atoms in total. The zero-order chi connectivity index (χ0) is 21.9. The van der Waals surface area contributed by atoms with Crippen molar-refractivity contribution in [2.75, 3.05) is 27.4 Å². The van der Waals surface area contributed by atoms with Gasteiger partial charge in [0.25, 0.3) is 0 Å². The van der Waals surface area contributed by atoms with Crippen molar-refractivity contribution in [2.45, 2.75) is 13.5 Å². The summed E-state index contributed by atoms with van der Waals surface area (Å²) in [5.74, 6) is -0.554. The van der Waals surface area contributed by atoms with E-state index >= 15 is 0 Å². The highest BCUT2D eigenvalue weighted by Gasteiger charge is 2.19. The van der Waals surface area contributed by atoms with Gasteiger partial charge in [-0.25, -0.2) is 4.79 Å². The number of nitrogens with zero attached hydrogens (tertiary/aromatic N) is 1. The van der Waals surface area contributed by atoms with Crippen molar-refractivity contribution in [1.29, 1.82) is 0 Å². The molecule has 0 unspecified atom stereocenters. The second kappa shape index (κ2) is 12.2. The molecule has 8 heteroatoms. The fourth-order valence-corrected chi connectivity index (χ4v) is 2.94. The maximum absolute atomic E-state index is 12.2. The molecule has 0 aromatic heterocycles. The van der Waals surface area contributed by atoms with Crippen LogP contribution < -0.4 is 0 Å². The van der Waals surface area contributed by atoms with Gasteiger partial charge >= 0.3 is 5.97 Å². The van der Waals surface area contributed by atoms with Crippen molar-refractivity contribution in [3.05, 3.63) is 75.5 Å². The molecular formula is C22H23Cl2NO5. The average molecular weight is 452 g/mol. The van der Waals surface area contributed by atoms with Crippen LogP contribution in [0.15, 0.2) is 53.9 Å². The minimum absolute atomic E-state index is 0.0241. The Kier molecular flexibility index (Phi) is 9.67. The average Bonchev–Trinajstić information content (AvgIpc) is 2.75. The molecule has 2 rings (SSSR count). The molecule has 160 valence electrons. The minimum Gasteiger partial charge on any atom is -0.503 e. The van der Waals surface area contributed by atoms with Crippen molar-refractivity contribution >= 4 is 40.5 Å². The smallest absolute Gasteiger partial charge is 0.341 e. The Morgan fingerprint density at radius 1 is 1.10 bits per heavy atom. The summed E-state index contributed by atoms with van der Waals surface area (Å²) in [7, 11) is 2.74. The van der Waals surface area contributed by atoms with Gasteiger partial charge in [-0.15, -0.1) is 0 Å². The van der Waals surface area contributed by atoms with Gasteiger partial charge in [0.05, 0.1) is 27.1 Å². The maximum atomic E-state index is 12.2. The summed E-state index contributed by atoms with van der Waals surface area (Å²) in [4.78, 5) is 17.8. The number of ether oxygens (including phenoxy) is 3. The van der Waals surface area contributed by atoms with Crippen molar-refractivity contribution in [2.24, 2.45) is 5.16 Å². The van der Waals surface area contributed by atoms with Crippen LogP contribution in [0.3, 0.4) is 0 Å². The van der Waals surface area contributed by atoms with Crippen LogP contribution in [0.2, 0.25) is 10.0 Å². The SMILES string of the molecule is CCOC/C(=N\OCc1c(Cl)cccc1/C(=C\OC)C(=O)OC)c1ccc(Cl)cc1. The van der Waals surface area contributed by atoms with E-state index in [-0.39, 0.29) is 18.8 Å². The molecular weight excluding hydrogens is 429 g/mol. The molecule has 0 spiro atoms. The molecule has 0 bridgehead atoms. The molecule has 2 aromatic rings. The first-order chi connectivity index (χ1) is 14.5. The van der Waals surface area contributed by atoms with E-state index in [1.807, 2.05) is 19.1 Å². The van der Waals surface area contributed by atoms with E-state index in [2.05, 4.69) is 5.16 Å². The van der Waals surface area contributed by atoms with Gasteiger partial charge in [0.2, 0.25) is 0 Å². The van der Waals surface area contributed by atoms with E-state index in [1.54, 1.807) is 30.3 Å². The van der Waals surface area contributed by atoms with Gasteiger partial charge in [-0.1, -0.05) is 52.6 Å². The second-order valence-electron chi connectivity index (χ2n) is 5.98. The summed E-state index contributed by atoms with van der Waals surface area (Å²) in [6.07, 6.45) is 1.30. The summed E-state index contributed by atoms with van der Waals surface area (Å²) in [6.45, 7) is 2.72. The number of rotatable bonds is 10. The molecule has 0 fully saturated rings. The van der Waals surface area contributed by atoms with Gasteiger partial charge in [-0.05, 0) is 25.1 Å². The monoisotopic (exact) mass is 451 g/mol. The number of hydrogen-bond acceptors (Lipinski definition) is 6. The van der Waals surface area contributed by atoms with Crippen LogP contribution in [0.4, 0.5) is 0 Å². The van der Waals surface area contributed by atoms with E-state index in [0.717, 1.165) is 5.56 Å². The Balaban J connectivity index is 2.31. The fourth-order valence-electron chi connectivity index (χ4n) is 2.59. The molecule has 0 N–H and O–H groups in total. The molecule has 30 heavy (non-hydrogen) atoms. The molecule has 0 atom stereocenters. The molecule has 0 aliphatic heterocycles. The Bertz CT molecular complexity index is 910. The highest BCUT2D eigenvalue weighted by molar-refractivity contribution is 6.32. The van der Waals surface area contributed by atoms with E-state index in [4.69, 9.17) is 42.3 Å². The lowest BCUT2D eigenvalue weighted by Gasteiger charge is -2.13. The lowest BCUT2D eigenvalue weighted by molar-refractivity contribution is -0.133. The van der Waals surface area contributed by atoms with Crippen LogP contribution in [0.5, 0.6) is 0 Å². The molecule has 0 aliphatic carbocycles. The molecule has 0 aliphatic rings. The molecule has 0 saturated heterocycles. The lowest BCUT2D eigenvalue weighted by Crippen LogP contribution is -2.12. The van der Waals surface area contributed by atoms with Gasteiger partial charge in [0, 0.05) is 33.3 Å².